The van der Waals surface area contributed by atoms with Gasteiger partial charge in [-0.3, -0.25) is 9.36 Å². The molecule has 0 atom stereocenters. The van der Waals surface area contributed by atoms with E-state index in [1.807, 2.05) is 77.4 Å². The second-order valence-electron chi connectivity index (χ2n) is 6.87. The molecule has 30 heavy (non-hydrogen) atoms. The van der Waals surface area contributed by atoms with Gasteiger partial charge in [0, 0.05) is 16.9 Å². The first-order valence-electron chi connectivity index (χ1n) is 9.72. The minimum absolute atomic E-state index is 0.0725. The number of nitrogens with zero attached hydrogens (tertiary/aromatic N) is 3. The summed E-state index contributed by atoms with van der Waals surface area (Å²) < 4.78 is 2.02. The van der Waals surface area contributed by atoms with Gasteiger partial charge < -0.3 is 5.32 Å². The molecule has 0 saturated carbocycles. The van der Waals surface area contributed by atoms with Gasteiger partial charge in [0.15, 0.2) is 16.8 Å². The van der Waals surface area contributed by atoms with Crippen LogP contribution in [-0.2, 0) is 6.54 Å². The maximum atomic E-state index is 12.5. The second kappa shape index (κ2) is 9.41. The van der Waals surface area contributed by atoms with Crippen LogP contribution in [0.25, 0.3) is 5.69 Å². The summed E-state index contributed by atoms with van der Waals surface area (Å²) in [4.78, 5) is 12.5. The number of hydrogen-bond acceptors (Lipinski definition) is 5. The van der Waals surface area contributed by atoms with Crippen molar-refractivity contribution in [1.82, 2.24) is 14.8 Å². The number of carbonyl (C=O) groups is 1. The lowest BCUT2D eigenvalue weighted by Crippen LogP contribution is -2.09. The SMILES string of the molecule is Cc1cccc(-n2c(CNc3ccccc3)nnc2SCC(=O)c2ccccc2)c1. The van der Waals surface area contributed by atoms with E-state index in [4.69, 9.17) is 0 Å². The van der Waals surface area contributed by atoms with E-state index in [0.29, 0.717) is 23.0 Å². The first-order valence-corrected chi connectivity index (χ1v) is 10.7. The number of aromatic nitrogens is 3. The van der Waals surface area contributed by atoms with Gasteiger partial charge in [0.25, 0.3) is 0 Å². The summed E-state index contributed by atoms with van der Waals surface area (Å²) in [5.74, 6) is 1.17. The van der Waals surface area contributed by atoms with Crippen molar-refractivity contribution in [2.45, 2.75) is 18.6 Å². The van der Waals surface area contributed by atoms with Gasteiger partial charge >= 0.3 is 0 Å². The van der Waals surface area contributed by atoms with Crippen LogP contribution in [-0.4, -0.2) is 26.3 Å². The lowest BCUT2D eigenvalue weighted by Gasteiger charge is -2.12. The van der Waals surface area contributed by atoms with Crippen LogP contribution < -0.4 is 5.32 Å². The number of Topliss-reactive ketones (excluding diaryl/α,β-unsaturated/α-hetero) is 1. The predicted molar refractivity (Wildman–Crippen MR) is 121 cm³/mol. The first kappa shape index (κ1) is 19.9. The van der Waals surface area contributed by atoms with Gasteiger partial charge in [0.1, 0.15) is 0 Å². The van der Waals surface area contributed by atoms with Gasteiger partial charge in [-0.2, -0.15) is 0 Å². The number of hydrogen-bond donors (Lipinski definition) is 1. The molecule has 3 aromatic carbocycles. The Kier molecular flexibility index (Phi) is 6.25. The number of carbonyl (C=O) groups excluding carboxylic acids is 1. The molecule has 0 fully saturated rings. The normalized spacial score (nSPS) is 10.7. The third-order valence-electron chi connectivity index (χ3n) is 4.61. The maximum Gasteiger partial charge on any atom is 0.196 e. The summed E-state index contributed by atoms with van der Waals surface area (Å²) in [5, 5.41) is 12.9. The number of benzene rings is 3. The maximum absolute atomic E-state index is 12.5. The quantitative estimate of drug-likeness (QED) is 0.319. The molecule has 4 rings (SSSR count). The predicted octanol–water partition coefficient (Wildman–Crippen LogP) is 5.16. The van der Waals surface area contributed by atoms with Crippen LogP contribution >= 0.6 is 11.8 Å². The molecule has 6 heteroatoms. The third-order valence-corrected chi connectivity index (χ3v) is 5.54. The topological polar surface area (TPSA) is 59.8 Å². The highest BCUT2D eigenvalue weighted by Gasteiger charge is 2.16. The van der Waals surface area contributed by atoms with Crippen LogP contribution in [0, 0.1) is 6.92 Å². The molecule has 0 radical (unpaired) electrons. The molecule has 0 unspecified atom stereocenters. The Bertz CT molecular complexity index is 1130. The Hall–Kier alpha value is -3.38. The first-order chi connectivity index (χ1) is 14.7. The molecule has 0 aliphatic heterocycles. The van der Waals surface area contributed by atoms with Crippen LogP contribution in [0.15, 0.2) is 90.1 Å². The van der Waals surface area contributed by atoms with Crippen LogP contribution in [0.3, 0.4) is 0 Å². The van der Waals surface area contributed by atoms with Gasteiger partial charge in [-0.25, -0.2) is 0 Å². The number of thioether (sulfide) groups is 1. The molecule has 0 aliphatic rings. The van der Waals surface area contributed by atoms with E-state index >= 15 is 0 Å². The number of anilines is 1. The number of para-hydroxylation sites is 1. The molecule has 0 aliphatic carbocycles. The smallest absolute Gasteiger partial charge is 0.196 e. The van der Waals surface area contributed by atoms with E-state index in [0.717, 1.165) is 22.8 Å². The molecule has 4 aromatic rings. The second-order valence-corrected chi connectivity index (χ2v) is 7.81. The highest BCUT2D eigenvalue weighted by molar-refractivity contribution is 7.99. The lowest BCUT2D eigenvalue weighted by atomic mass is 10.2. The van der Waals surface area contributed by atoms with Gasteiger partial charge in [0.05, 0.1) is 12.3 Å². The molecule has 1 heterocycles. The molecule has 0 saturated heterocycles. The van der Waals surface area contributed by atoms with Crippen molar-refractivity contribution >= 4 is 23.2 Å². The Balaban J connectivity index is 1.58. The fraction of sp³-hybridized carbons (Fsp3) is 0.125. The number of ketones is 1. The molecule has 1 N–H and O–H groups in total. The molecule has 1 aromatic heterocycles. The average molecular weight is 415 g/mol. The number of aryl methyl sites for hydroxylation is 1. The fourth-order valence-corrected chi connectivity index (χ4v) is 3.97. The van der Waals surface area contributed by atoms with Crippen LogP contribution in [0.2, 0.25) is 0 Å². The minimum atomic E-state index is 0.0725. The van der Waals surface area contributed by atoms with Gasteiger partial charge in [-0.1, -0.05) is 72.4 Å². The van der Waals surface area contributed by atoms with Crippen molar-refractivity contribution in [2.75, 3.05) is 11.1 Å². The van der Waals surface area contributed by atoms with Gasteiger partial charge in [-0.05, 0) is 36.8 Å². The van der Waals surface area contributed by atoms with Crippen molar-refractivity contribution in [3.8, 4) is 5.69 Å². The molecule has 0 spiro atoms. The van der Waals surface area contributed by atoms with E-state index in [2.05, 4.69) is 34.6 Å². The van der Waals surface area contributed by atoms with Crippen molar-refractivity contribution in [2.24, 2.45) is 0 Å². The summed E-state index contributed by atoms with van der Waals surface area (Å²) >= 11 is 1.41. The van der Waals surface area contributed by atoms with Crippen molar-refractivity contribution in [3.63, 3.8) is 0 Å². The molecule has 150 valence electrons. The highest BCUT2D eigenvalue weighted by atomic mass is 32.2. The minimum Gasteiger partial charge on any atom is -0.378 e. The largest absolute Gasteiger partial charge is 0.378 e. The van der Waals surface area contributed by atoms with Crippen molar-refractivity contribution < 1.29 is 4.79 Å². The Morgan fingerprint density at radius 2 is 1.67 bits per heavy atom. The monoisotopic (exact) mass is 414 g/mol. The summed E-state index contributed by atoms with van der Waals surface area (Å²) in [6, 6.07) is 27.5. The Morgan fingerprint density at radius 3 is 2.40 bits per heavy atom. The fourth-order valence-electron chi connectivity index (χ4n) is 3.11. The molecule has 5 nitrogen and oxygen atoms in total. The zero-order chi connectivity index (χ0) is 20.8. The molecule has 0 bridgehead atoms. The van der Waals surface area contributed by atoms with E-state index in [1.54, 1.807) is 0 Å². The highest BCUT2D eigenvalue weighted by Crippen LogP contribution is 2.24. The van der Waals surface area contributed by atoms with E-state index in [-0.39, 0.29) is 5.78 Å². The zero-order valence-corrected chi connectivity index (χ0v) is 17.5. The lowest BCUT2D eigenvalue weighted by molar-refractivity contribution is 0.102. The van der Waals surface area contributed by atoms with Crippen LogP contribution in [0.1, 0.15) is 21.7 Å². The van der Waals surface area contributed by atoms with Crippen molar-refractivity contribution in [1.29, 1.82) is 0 Å². The zero-order valence-electron chi connectivity index (χ0n) is 16.7. The standard InChI is InChI=1S/C24H22N4OS/c1-18-9-8-14-21(15-18)28-23(16-25-20-12-6-3-7-13-20)26-27-24(28)30-17-22(29)19-10-4-2-5-11-19/h2-15,25H,16-17H2,1H3. The molecular weight excluding hydrogens is 392 g/mol. The van der Waals surface area contributed by atoms with Crippen LogP contribution in [0.5, 0.6) is 0 Å². The summed E-state index contributed by atoms with van der Waals surface area (Å²) in [6.45, 7) is 2.58. The molecular formula is C24H22N4OS. The Labute approximate surface area is 180 Å². The third kappa shape index (κ3) is 4.78. The summed E-state index contributed by atoms with van der Waals surface area (Å²) in [5.41, 5.74) is 3.86. The summed E-state index contributed by atoms with van der Waals surface area (Å²) in [7, 11) is 0. The van der Waals surface area contributed by atoms with Gasteiger partial charge in [-0.15, -0.1) is 10.2 Å². The van der Waals surface area contributed by atoms with E-state index in [1.165, 1.54) is 11.8 Å². The number of rotatable bonds is 8. The van der Waals surface area contributed by atoms with E-state index < -0.39 is 0 Å². The van der Waals surface area contributed by atoms with Crippen molar-refractivity contribution in [3.05, 3.63) is 102 Å². The number of nitrogens with one attached hydrogen (secondary N) is 1. The molecule has 0 amide bonds. The Morgan fingerprint density at radius 1 is 0.933 bits per heavy atom. The van der Waals surface area contributed by atoms with E-state index in [9.17, 15) is 4.79 Å². The summed E-state index contributed by atoms with van der Waals surface area (Å²) in [6.07, 6.45) is 0. The average Bonchev–Trinajstić information content (AvgIpc) is 3.20. The van der Waals surface area contributed by atoms with Crippen LogP contribution in [0.4, 0.5) is 5.69 Å². The van der Waals surface area contributed by atoms with Gasteiger partial charge in [0.2, 0.25) is 0 Å².